The highest BCUT2D eigenvalue weighted by Gasteiger charge is 2.43. The molecular weight excluding hydrogens is 316 g/mol. The molecule has 0 radical (unpaired) electrons. The van der Waals surface area contributed by atoms with Gasteiger partial charge in [-0.15, -0.1) is 12.4 Å². The summed E-state index contributed by atoms with van der Waals surface area (Å²) in [7, 11) is 0. The van der Waals surface area contributed by atoms with E-state index in [0.717, 1.165) is 13.1 Å². The number of hydrogen-bond acceptors (Lipinski definition) is 2. The van der Waals surface area contributed by atoms with Gasteiger partial charge < -0.3 is 4.90 Å². The fourth-order valence-electron chi connectivity index (χ4n) is 3.58. The minimum Gasteiger partial charge on any atom is -0.344 e. The van der Waals surface area contributed by atoms with Gasteiger partial charge >= 0.3 is 0 Å². The van der Waals surface area contributed by atoms with Gasteiger partial charge in [0.2, 0.25) is 0 Å². The molecule has 24 heavy (non-hydrogen) atoms. The van der Waals surface area contributed by atoms with Crippen molar-refractivity contribution < 1.29 is 0 Å². The summed E-state index contributed by atoms with van der Waals surface area (Å²) in [6.45, 7) is 1.94. The van der Waals surface area contributed by atoms with E-state index < -0.39 is 0 Å². The number of hydrogen-bond donors (Lipinski definition) is 1. The van der Waals surface area contributed by atoms with Gasteiger partial charge in [-0.3, -0.25) is 5.32 Å². The van der Waals surface area contributed by atoms with Gasteiger partial charge in [0.05, 0.1) is 0 Å². The lowest BCUT2D eigenvalue weighted by molar-refractivity contribution is 0.476. The highest BCUT2D eigenvalue weighted by Crippen LogP contribution is 2.39. The Balaban J connectivity index is 0.00000169. The molecular formula is C21H21ClN2. The maximum Gasteiger partial charge on any atom is 0.144 e. The van der Waals surface area contributed by atoms with Gasteiger partial charge in [0.1, 0.15) is 5.66 Å². The molecule has 3 aromatic rings. The molecule has 0 aromatic heterocycles. The van der Waals surface area contributed by atoms with E-state index in [1.54, 1.807) is 0 Å². The van der Waals surface area contributed by atoms with E-state index in [1.807, 2.05) is 0 Å². The number of para-hydroxylation sites is 1. The molecule has 0 atom stereocenters. The van der Waals surface area contributed by atoms with Crippen molar-refractivity contribution in [2.45, 2.75) is 5.66 Å². The topological polar surface area (TPSA) is 15.3 Å². The number of rotatable bonds is 3. The van der Waals surface area contributed by atoms with E-state index in [4.69, 9.17) is 0 Å². The summed E-state index contributed by atoms with van der Waals surface area (Å²) in [6, 6.07) is 32.1. The maximum atomic E-state index is 3.78. The second kappa shape index (κ2) is 7.08. The average molecular weight is 337 g/mol. The third-order valence-electron chi connectivity index (χ3n) is 4.57. The Morgan fingerprint density at radius 1 is 0.667 bits per heavy atom. The standard InChI is InChI=1S/C21H20N2.ClH/c1-4-10-18(11-5-1)21(19-12-6-2-7-13-19)22-16-17-23(21)20-14-8-3-9-15-20;/h1-15,22H,16-17H2;1H. The van der Waals surface area contributed by atoms with E-state index in [1.165, 1.54) is 16.8 Å². The SMILES string of the molecule is Cl.c1ccc(N2CCNC2(c2ccccc2)c2ccccc2)cc1. The second-order valence-electron chi connectivity index (χ2n) is 5.86. The van der Waals surface area contributed by atoms with Crippen LogP contribution in [0.1, 0.15) is 11.1 Å². The van der Waals surface area contributed by atoms with Crippen molar-refractivity contribution >= 4 is 18.1 Å². The van der Waals surface area contributed by atoms with Crippen LogP contribution in [-0.4, -0.2) is 13.1 Å². The van der Waals surface area contributed by atoms with Crippen LogP contribution in [0.4, 0.5) is 5.69 Å². The highest BCUT2D eigenvalue weighted by atomic mass is 35.5. The van der Waals surface area contributed by atoms with Crippen molar-refractivity contribution in [3.63, 3.8) is 0 Å². The number of halogens is 1. The largest absolute Gasteiger partial charge is 0.344 e. The van der Waals surface area contributed by atoms with Crippen LogP contribution in [0, 0.1) is 0 Å². The van der Waals surface area contributed by atoms with E-state index in [2.05, 4.69) is 101 Å². The second-order valence-corrected chi connectivity index (χ2v) is 5.86. The van der Waals surface area contributed by atoms with Crippen molar-refractivity contribution in [2.24, 2.45) is 0 Å². The first kappa shape index (κ1) is 16.6. The zero-order valence-corrected chi connectivity index (χ0v) is 14.2. The molecule has 1 fully saturated rings. The predicted molar refractivity (Wildman–Crippen MR) is 103 cm³/mol. The first-order valence-electron chi connectivity index (χ1n) is 8.10. The first-order valence-corrected chi connectivity index (χ1v) is 8.10. The van der Waals surface area contributed by atoms with Crippen molar-refractivity contribution in [2.75, 3.05) is 18.0 Å². The van der Waals surface area contributed by atoms with Crippen LogP contribution in [0.5, 0.6) is 0 Å². The summed E-state index contributed by atoms with van der Waals surface area (Å²) in [5.41, 5.74) is 3.47. The van der Waals surface area contributed by atoms with Gasteiger partial charge in [-0.2, -0.15) is 0 Å². The van der Waals surface area contributed by atoms with Crippen LogP contribution in [0.2, 0.25) is 0 Å². The predicted octanol–water partition coefficient (Wildman–Crippen LogP) is 4.42. The first-order chi connectivity index (χ1) is 11.4. The summed E-state index contributed by atoms with van der Waals surface area (Å²) in [5, 5.41) is 3.78. The Labute approximate surface area is 149 Å². The number of nitrogens with one attached hydrogen (secondary N) is 1. The Morgan fingerprint density at radius 2 is 1.12 bits per heavy atom. The van der Waals surface area contributed by atoms with Gasteiger partial charge in [-0.25, -0.2) is 0 Å². The quantitative estimate of drug-likeness (QED) is 0.761. The molecule has 4 rings (SSSR count). The molecule has 0 spiro atoms. The molecule has 1 N–H and O–H groups in total. The lowest BCUT2D eigenvalue weighted by Gasteiger charge is -2.41. The van der Waals surface area contributed by atoms with Gasteiger partial charge in [0.25, 0.3) is 0 Å². The summed E-state index contributed by atoms with van der Waals surface area (Å²) >= 11 is 0. The maximum absolute atomic E-state index is 3.78. The highest BCUT2D eigenvalue weighted by molar-refractivity contribution is 5.85. The van der Waals surface area contributed by atoms with Crippen LogP contribution in [0.15, 0.2) is 91.0 Å². The number of anilines is 1. The number of benzene rings is 3. The molecule has 1 heterocycles. The van der Waals surface area contributed by atoms with Gasteiger partial charge in [-0.05, 0) is 23.3 Å². The molecule has 0 bridgehead atoms. The molecule has 1 saturated heterocycles. The van der Waals surface area contributed by atoms with Crippen LogP contribution in [0.3, 0.4) is 0 Å². The van der Waals surface area contributed by atoms with E-state index in [0.29, 0.717) is 0 Å². The van der Waals surface area contributed by atoms with Crippen molar-refractivity contribution in [3.05, 3.63) is 102 Å². The van der Waals surface area contributed by atoms with Crippen LogP contribution >= 0.6 is 12.4 Å². The minimum absolute atomic E-state index is 0. The zero-order chi connectivity index (χ0) is 15.5. The average Bonchev–Trinajstić information content (AvgIpc) is 3.10. The van der Waals surface area contributed by atoms with E-state index in [9.17, 15) is 0 Å². The van der Waals surface area contributed by atoms with Crippen LogP contribution in [0.25, 0.3) is 0 Å². The Kier molecular flexibility index (Phi) is 4.89. The summed E-state index contributed by atoms with van der Waals surface area (Å²) in [4.78, 5) is 2.47. The lowest BCUT2D eigenvalue weighted by atomic mass is 9.90. The molecule has 1 aliphatic rings. The van der Waals surface area contributed by atoms with E-state index in [-0.39, 0.29) is 18.1 Å². The van der Waals surface area contributed by atoms with Crippen molar-refractivity contribution in [1.29, 1.82) is 0 Å². The van der Waals surface area contributed by atoms with Crippen molar-refractivity contribution in [3.8, 4) is 0 Å². The molecule has 3 aromatic carbocycles. The molecule has 122 valence electrons. The molecule has 2 nitrogen and oxygen atoms in total. The Bertz CT molecular complexity index is 720. The summed E-state index contributed by atoms with van der Waals surface area (Å²) in [5.74, 6) is 0. The molecule has 0 unspecified atom stereocenters. The fourth-order valence-corrected chi connectivity index (χ4v) is 3.58. The third-order valence-corrected chi connectivity index (χ3v) is 4.57. The summed E-state index contributed by atoms with van der Waals surface area (Å²) in [6.07, 6.45) is 0. The minimum atomic E-state index is -0.316. The zero-order valence-electron chi connectivity index (χ0n) is 13.4. The van der Waals surface area contributed by atoms with E-state index >= 15 is 0 Å². The molecule has 0 aliphatic carbocycles. The van der Waals surface area contributed by atoms with Gasteiger partial charge in [0, 0.05) is 18.8 Å². The van der Waals surface area contributed by atoms with Gasteiger partial charge in [-0.1, -0.05) is 78.9 Å². The summed E-state index contributed by atoms with van der Waals surface area (Å²) < 4.78 is 0. The smallest absolute Gasteiger partial charge is 0.144 e. The molecule has 0 amide bonds. The molecule has 0 saturated carbocycles. The third kappa shape index (κ3) is 2.68. The Morgan fingerprint density at radius 3 is 1.62 bits per heavy atom. The lowest BCUT2D eigenvalue weighted by Crippen LogP contribution is -2.49. The molecule has 1 aliphatic heterocycles. The normalized spacial score (nSPS) is 15.8. The van der Waals surface area contributed by atoms with Gasteiger partial charge in [0.15, 0.2) is 0 Å². The van der Waals surface area contributed by atoms with Crippen LogP contribution in [-0.2, 0) is 5.66 Å². The van der Waals surface area contributed by atoms with Crippen molar-refractivity contribution in [1.82, 2.24) is 5.32 Å². The fraction of sp³-hybridized carbons (Fsp3) is 0.143. The van der Waals surface area contributed by atoms with Crippen LogP contribution < -0.4 is 10.2 Å². The number of nitrogens with zero attached hydrogens (tertiary/aromatic N) is 1. The monoisotopic (exact) mass is 336 g/mol. The molecule has 3 heteroatoms. The Hall–Kier alpha value is -2.29.